The van der Waals surface area contributed by atoms with Crippen molar-refractivity contribution in [3.63, 3.8) is 0 Å². The van der Waals surface area contributed by atoms with Gasteiger partial charge in [-0.2, -0.15) is 18.3 Å². The number of ether oxygens (including phenoxy) is 3. The third kappa shape index (κ3) is 6.25. The highest BCUT2D eigenvalue weighted by Gasteiger charge is 2.41. The van der Waals surface area contributed by atoms with Crippen molar-refractivity contribution in [2.45, 2.75) is 50.9 Å². The Balaban J connectivity index is 1.57. The van der Waals surface area contributed by atoms with E-state index in [1.807, 2.05) is 0 Å². The van der Waals surface area contributed by atoms with Crippen molar-refractivity contribution in [3.8, 4) is 11.8 Å². The molecule has 0 spiro atoms. The Bertz CT molecular complexity index is 868. The van der Waals surface area contributed by atoms with Crippen molar-refractivity contribution in [2.24, 2.45) is 5.92 Å². The van der Waals surface area contributed by atoms with Crippen molar-refractivity contribution in [1.29, 1.82) is 0 Å². The van der Waals surface area contributed by atoms with E-state index in [-0.39, 0.29) is 25.0 Å². The van der Waals surface area contributed by atoms with Crippen LogP contribution in [0.25, 0.3) is 0 Å². The second-order valence-corrected chi connectivity index (χ2v) is 7.68. The first-order chi connectivity index (χ1) is 14.6. The molecule has 1 aliphatic heterocycles. The second-order valence-electron chi connectivity index (χ2n) is 7.68. The van der Waals surface area contributed by atoms with Gasteiger partial charge in [0.25, 0.3) is 0 Å². The molecule has 2 N–H and O–H groups in total. The number of aromatic nitrogens is 3. The molecule has 3 heterocycles. The van der Waals surface area contributed by atoms with Gasteiger partial charge in [0.15, 0.2) is 6.10 Å². The Hall–Kier alpha value is -2.50. The largest absolute Gasteiger partial charge is 0.474 e. The van der Waals surface area contributed by atoms with Crippen LogP contribution in [-0.4, -0.2) is 63.0 Å². The molecule has 1 saturated heterocycles. The summed E-state index contributed by atoms with van der Waals surface area (Å²) in [6, 6.07) is 4.92. The molecule has 1 aliphatic rings. The lowest BCUT2D eigenvalue weighted by Crippen LogP contribution is -2.56. The summed E-state index contributed by atoms with van der Waals surface area (Å²) in [7, 11) is 0. The van der Waals surface area contributed by atoms with E-state index in [1.54, 1.807) is 12.3 Å². The normalized spacial score (nSPS) is 24.3. The van der Waals surface area contributed by atoms with E-state index in [9.17, 15) is 23.4 Å². The monoisotopic (exact) mass is 443 g/mol. The molecule has 0 saturated carbocycles. The Morgan fingerprint density at radius 2 is 1.97 bits per heavy atom. The summed E-state index contributed by atoms with van der Waals surface area (Å²) >= 11 is 0. The number of hydrogen-bond acceptors (Lipinski definition) is 8. The lowest BCUT2D eigenvalue weighted by molar-refractivity contribution is -0.187. The molecule has 170 valence electrons. The predicted octanol–water partition coefficient (Wildman–Crippen LogP) is 2.04. The number of alkyl halides is 3. The minimum Gasteiger partial charge on any atom is -0.474 e. The summed E-state index contributed by atoms with van der Waals surface area (Å²) in [5.41, 5.74) is -0.170. The molecule has 4 atom stereocenters. The van der Waals surface area contributed by atoms with Crippen LogP contribution in [0.2, 0.25) is 0 Å². The molecular weight excluding hydrogens is 419 g/mol. The molecular formula is C20H24F3N3O5. The molecule has 0 bridgehead atoms. The second kappa shape index (κ2) is 9.75. The smallest absolute Gasteiger partial charge is 0.433 e. The fourth-order valence-corrected chi connectivity index (χ4v) is 3.11. The maximum atomic E-state index is 12.8. The van der Waals surface area contributed by atoms with Crippen molar-refractivity contribution in [3.05, 3.63) is 41.7 Å². The topological polar surface area (TPSA) is 107 Å². The van der Waals surface area contributed by atoms with E-state index in [4.69, 9.17) is 14.2 Å². The summed E-state index contributed by atoms with van der Waals surface area (Å²) in [5.74, 6) is 0.357. The minimum absolute atomic E-state index is 0.105. The number of aliphatic hydroxyl groups is 2. The minimum atomic E-state index is -4.63. The van der Waals surface area contributed by atoms with Crippen LogP contribution < -0.4 is 9.47 Å². The molecule has 0 radical (unpaired) electrons. The number of halogens is 3. The van der Waals surface area contributed by atoms with Crippen LogP contribution in [-0.2, 0) is 17.3 Å². The number of aliphatic hydroxyl groups excluding tert-OH is 2. The van der Waals surface area contributed by atoms with Gasteiger partial charge in [-0.1, -0.05) is 19.9 Å². The molecule has 31 heavy (non-hydrogen) atoms. The SMILES string of the molecule is CC(C)Cc1cnnc(OC[C@H]2OC[C@H](Oc3cccc(C(F)(F)F)n3)[C@@H](O)[C@H]2O)c1. The van der Waals surface area contributed by atoms with Crippen LogP contribution in [0.1, 0.15) is 25.1 Å². The van der Waals surface area contributed by atoms with Crippen LogP contribution in [0.3, 0.4) is 0 Å². The van der Waals surface area contributed by atoms with Gasteiger partial charge in [0.05, 0.1) is 12.8 Å². The van der Waals surface area contributed by atoms with Gasteiger partial charge < -0.3 is 24.4 Å². The van der Waals surface area contributed by atoms with Crippen LogP contribution in [0.15, 0.2) is 30.5 Å². The molecule has 11 heteroatoms. The molecule has 0 amide bonds. The fraction of sp³-hybridized carbons (Fsp3) is 0.550. The van der Waals surface area contributed by atoms with E-state index in [2.05, 4.69) is 29.0 Å². The number of rotatable bonds is 7. The molecule has 1 fully saturated rings. The van der Waals surface area contributed by atoms with Gasteiger partial charge in [0.1, 0.15) is 30.6 Å². The number of nitrogens with zero attached hydrogens (tertiary/aromatic N) is 3. The maximum absolute atomic E-state index is 12.8. The Labute approximate surface area is 177 Å². The van der Waals surface area contributed by atoms with Crippen LogP contribution in [0.5, 0.6) is 11.8 Å². The Kier molecular flexibility index (Phi) is 7.29. The third-order valence-electron chi connectivity index (χ3n) is 4.60. The first kappa shape index (κ1) is 23.2. The first-order valence-corrected chi connectivity index (χ1v) is 9.76. The van der Waals surface area contributed by atoms with E-state index in [0.717, 1.165) is 24.1 Å². The van der Waals surface area contributed by atoms with E-state index < -0.39 is 36.3 Å². The number of hydrogen-bond donors (Lipinski definition) is 2. The zero-order valence-electron chi connectivity index (χ0n) is 17.0. The highest BCUT2D eigenvalue weighted by molar-refractivity contribution is 5.19. The van der Waals surface area contributed by atoms with Gasteiger partial charge >= 0.3 is 6.18 Å². The van der Waals surface area contributed by atoms with E-state index in [1.165, 1.54) is 6.07 Å². The van der Waals surface area contributed by atoms with Gasteiger partial charge in [0, 0.05) is 12.1 Å². The van der Waals surface area contributed by atoms with Gasteiger partial charge in [-0.05, 0) is 24.0 Å². The fourth-order valence-electron chi connectivity index (χ4n) is 3.11. The third-order valence-corrected chi connectivity index (χ3v) is 4.60. The van der Waals surface area contributed by atoms with Crippen molar-refractivity contribution < 1.29 is 37.6 Å². The van der Waals surface area contributed by atoms with Gasteiger partial charge in [-0.25, -0.2) is 4.98 Å². The molecule has 0 aliphatic carbocycles. The summed E-state index contributed by atoms with van der Waals surface area (Å²) in [5, 5.41) is 28.5. The molecule has 0 unspecified atom stereocenters. The van der Waals surface area contributed by atoms with Crippen LogP contribution in [0, 0.1) is 5.92 Å². The Morgan fingerprint density at radius 1 is 1.19 bits per heavy atom. The first-order valence-electron chi connectivity index (χ1n) is 9.76. The molecule has 2 aromatic heterocycles. The molecule has 2 aromatic rings. The number of pyridine rings is 1. The van der Waals surface area contributed by atoms with E-state index in [0.29, 0.717) is 5.92 Å². The van der Waals surface area contributed by atoms with Crippen LogP contribution in [0.4, 0.5) is 13.2 Å². The van der Waals surface area contributed by atoms with Crippen molar-refractivity contribution in [2.75, 3.05) is 13.2 Å². The summed E-state index contributed by atoms with van der Waals surface area (Å²) < 4.78 is 54.8. The summed E-state index contributed by atoms with van der Waals surface area (Å²) in [6.45, 7) is 3.86. The molecule has 0 aromatic carbocycles. The van der Waals surface area contributed by atoms with Crippen LogP contribution >= 0.6 is 0 Å². The zero-order valence-corrected chi connectivity index (χ0v) is 17.0. The quantitative estimate of drug-likeness (QED) is 0.670. The highest BCUT2D eigenvalue weighted by atomic mass is 19.4. The Morgan fingerprint density at radius 3 is 2.68 bits per heavy atom. The van der Waals surface area contributed by atoms with Gasteiger partial charge in [-0.3, -0.25) is 0 Å². The lowest BCUT2D eigenvalue weighted by atomic mass is 10.0. The van der Waals surface area contributed by atoms with Crippen molar-refractivity contribution >= 4 is 0 Å². The highest BCUT2D eigenvalue weighted by Crippen LogP contribution is 2.29. The predicted molar refractivity (Wildman–Crippen MR) is 101 cm³/mol. The zero-order chi connectivity index (χ0) is 22.6. The standard InChI is InChI=1S/C20H24F3N3O5/c1-11(2)6-12-7-17(26-24-8-12)30-9-13-18(27)19(28)14(10-29-13)31-16-5-3-4-15(25-16)20(21,22)23/h3-5,7-8,11,13-14,18-19,27-28H,6,9-10H2,1-2H3/t13-,14+,18+,19-/m1/s1. The average molecular weight is 443 g/mol. The van der Waals surface area contributed by atoms with Gasteiger partial charge in [-0.15, -0.1) is 5.10 Å². The van der Waals surface area contributed by atoms with Gasteiger partial charge in [0.2, 0.25) is 11.8 Å². The summed E-state index contributed by atoms with van der Waals surface area (Å²) in [6.07, 6.45) is -6.98. The molecule has 8 nitrogen and oxygen atoms in total. The van der Waals surface area contributed by atoms with Crippen molar-refractivity contribution in [1.82, 2.24) is 15.2 Å². The average Bonchev–Trinajstić information content (AvgIpc) is 2.70. The van der Waals surface area contributed by atoms with E-state index >= 15 is 0 Å². The molecule has 3 rings (SSSR count). The maximum Gasteiger partial charge on any atom is 0.433 e. The summed E-state index contributed by atoms with van der Waals surface area (Å²) in [4.78, 5) is 3.39. The lowest BCUT2D eigenvalue weighted by Gasteiger charge is -2.37.